The Labute approximate surface area is 169 Å². The van der Waals surface area contributed by atoms with E-state index >= 15 is 0 Å². The van der Waals surface area contributed by atoms with Gasteiger partial charge in [0.25, 0.3) is 5.91 Å². The molecule has 6 nitrogen and oxygen atoms in total. The normalized spacial score (nSPS) is 10.4. The lowest BCUT2D eigenvalue weighted by Crippen LogP contribution is -2.30. The number of ether oxygens (including phenoxy) is 3. The average molecular weight is 393 g/mol. The van der Waals surface area contributed by atoms with Gasteiger partial charge in [-0.3, -0.25) is 4.79 Å². The van der Waals surface area contributed by atoms with Crippen LogP contribution in [0.1, 0.15) is 15.9 Å². The molecule has 0 fully saturated rings. The number of benzene rings is 3. The first kappa shape index (κ1) is 20.2. The van der Waals surface area contributed by atoms with Crippen molar-refractivity contribution in [1.29, 1.82) is 0 Å². The minimum absolute atomic E-state index is 0.281. The molecule has 0 radical (unpaired) electrons. The zero-order valence-corrected chi connectivity index (χ0v) is 16.7. The van der Waals surface area contributed by atoms with Crippen LogP contribution in [0.2, 0.25) is 0 Å². The topological polar surface area (TPSA) is 65.1 Å². The highest BCUT2D eigenvalue weighted by Gasteiger charge is 2.14. The summed E-state index contributed by atoms with van der Waals surface area (Å²) in [6, 6.07) is 18.4. The SMILES string of the molecule is COc1cccc(C(=O)OCC(=O)N(C)Cc2ccc3cc(OC)ccc3c2)c1. The maximum atomic E-state index is 12.4. The molecule has 3 aromatic rings. The molecule has 0 aromatic heterocycles. The minimum Gasteiger partial charge on any atom is -0.497 e. The van der Waals surface area contributed by atoms with Crippen molar-refractivity contribution >= 4 is 22.6 Å². The fraction of sp³-hybridized carbons (Fsp3) is 0.217. The quantitative estimate of drug-likeness (QED) is 0.573. The van der Waals surface area contributed by atoms with Gasteiger partial charge in [0.15, 0.2) is 6.61 Å². The number of carbonyl (C=O) groups excluding carboxylic acids is 2. The molecule has 29 heavy (non-hydrogen) atoms. The highest BCUT2D eigenvalue weighted by molar-refractivity contribution is 5.91. The smallest absolute Gasteiger partial charge is 0.338 e. The number of hydrogen-bond acceptors (Lipinski definition) is 5. The van der Waals surface area contributed by atoms with E-state index < -0.39 is 5.97 Å². The van der Waals surface area contributed by atoms with Crippen molar-refractivity contribution in [2.24, 2.45) is 0 Å². The number of amides is 1. The summed E-state index contributed by atoms with van der Waals surface area (Å²) >= 11 is 0. The van der Waals surface area contributed by atoms with Crippen molar-refractivity contribution < 1.29 is 23.8 Å². The number of rotatable bonds is 7. The molecule has 6 heteroatoms. The summed E-state index contributed by atoms with van der Waals surface area (Å²) in [6.07, 6.45) is 0. The first-order chi connectivity index (χ1) is 14.0. The van der Waals surface area contributed by atoms with Crippen LogP contribution in [-0.2, 0) is 16.1 Å². The molecule has 0 N–H and O–H groups in total. The summed E-state index contributed by atoms with van der Waals surface area (Å²) in [4.78, 5) is 26.0. The Morgan fingerprint density at radius 3 is 2.31 bits per heavy atom. The van der Waals surface area contributed by atoms with Crippen LogP contribution in [0.5, 0.6) is 11.5 Å². The van der Waals surface area contributed by atoms with Gasteiger partial charge in [-0.25, -0.2) is 4.79 Å². The monoisotopic (exact) mass is 393 g/mol. The van der Waals surface area contributed by atoms with E-state index in [2.05, 4.69) is 0 Å². The van der Waals surface area contributed by atoms with E-state index in [0.717, 1.165) is 22.1 Å². The van der Waals surface area contributed by atoms with Gasteiger partial charge >= 0.3 is 5.97 Å². The highest BCUT2D eigenvalue weighted by atomic mass is 16.5. The lowest BCUT2D eigenvalue weighted by Gasteiger charge is -2.17. The lowest BCUT2D eigenvalue weighted by atomic mass is 10.1. The van der Waals surface area contributed by atoms with E-state index in [1.165, 1.54) is 12.0 Å². The Morgan fingerprint density at radius 2 is 1.55 bits per heavy atom. The molecule has 0 aliphatic rings. The van der Waals surface area contributed by atoms with E-state index in [9.17, 15) is 9.59 Å². The van der Waals surface area contributed by atoms with Gasteiger partial charge in [0.1, 0.15) is 11.5 Å². The molecule has 0 saturated carbocycles. The molecule has 3 aromatic carbocycles. The third-order valence-electron chi connectivity index (χ3n) is 4.59. The van der Waals surface area contributed by atoms with Crippen LogP contribution in [0.25, 0.3) is 10.8 Å². The lowest BCUT2D eigenvalue weighted by molar-refractivity contribution is -0.133. The van der Waals surface area contributed by atoms with Gasteiger partial charge in [0.05, 0.1) is 19.8 Å². The summed E-state index contributed by atoms with van der Waals surface area (Å²) in [5.41, 5.74) is 1.32. The third-order valence-corrected chi connectivity index (χ3v) is 4.59. The Hall–Kier alpha value is -3.54. The molecular weight excluding hydrogens is 370 g/mol. The summed E-state index contributed by atoms with van der Waals surface area (Å²) in [6.45, 7) is 0.0921. The predicted octanol–water partition coefficient (Wildman–Crippen LogP) is 3.67. The molecular formula is C23H23NO5. The van der Waals surface area contributed by atoms with E-state index in [4.69, 9.17) is 14.2 Å². The van der Waals surface area contributed by atoms with Gasteiger partial charge in [-0.15, -0.1) is 0 Å². The second-order valence-corrected chi connectivity index (χ2v) is 6.61. The van der Waals surface area contributed by atoms with Gasteiger partial charge in [-0.1, -0.05) is 24.3 Å². The second kappa shape index (κ2) is 9.10. The average Bonchev–Trinajstić information content (AvgIpc) is 2.76. The summed E-state index contributed by atoms with van der Waals surface area (Å²) in [5.74, 6) is 0.508. The maximum Gasteiger partial charge on any atom is 0.338 e. The number of fused-ring (bicyclic) bond motifs is 1. The van der Waals surface area contributed by atoms with Gasteiger partial charge in [-0.05, 0) is 52.7 Å². The zero-order valence-electron chi connectivity index (χ0n) is 16.7. The fourth-order valence-electron chi connectivity index (χ4n) is 2.93. The van der Waals surface area contributed by atoms with E-state index in [-0.39, 0.29) is 12.5 Å². The zero-order chi connectivity index (χ0) is 20.8. The Balaban J connectivity index is 1.58. The third kappa shape index (κ3) is 5.04. The van der Waals surface area contributed by atoms with Crippen molar-refractivity contribution in [1.82, 2.24) is 4.90 Å². The van der Waals surface area contributed by atoms with Gasteiger partial charge in [0.2, 0.25) is 0 Å². The maximum absolute atomic E-state index is 12.4. The van der Waals surface area contributed by atoms with Crippen molar-refractivity contribution in [3.63, 3.8) is 0 Å². The molecule has 0 unspecified atom stereocenters. The summed E-state index contributed by atoms with van der Waals surface area (Å²) < 4.78 is 15.5. The van der Waals surface area contributed by atoms with E-state index in [0.29, 0.717) is 17.9 Å². The summed E-state index contributed by atoms with van der Waals surface area (Å²) in [5, 5.41) is 2.13. The van der Waals surface area contributed by atoms with Crippen molar-refractivity contribution in [2.75, 3.05) is 27.9 Å². The first-order valence-electron chi connectivity index (χ1n) is 9.12. The van der Waals surface area contributed by atoms with Crippen LogP contribution >= 0.6 is 0 Å². The molecule has 0 atom stereocenters. The Bertz CT molecular complexity index is 1030. The van der Waals surface area contributed by atoms with Crippen LogP contribution in [0.3, 0.4) is 0 Å². The van der Waals surface area contributed by atoms with E-state index in [1.807, 2.05) is 36.4 Å². The highest BCUT2D eigenvalue weighted by Crippen LogP contribution is 2.22. The number of likely N-dealkylation sites (N-methyl/N-ethyl adjacent to an activating group) is 1. The molecule has 3 rings (SSSR count). The number of nitrogens with zero attached hydrogens (tertiary/aromatic N) is 1. The van der Waals surface area contributed by atoms with Gasteiger partial charge in [-0.2, -0.15) is 0 Å². The second-order valence-electron chi connectivity index (χ2n) is 6.61. The standard InChI is InChI=1S/C23H23NO5/c1-24(14-16-7-8-18-12-21(28-3)10-9-17(18)11-16)22(25)15-29-23(26)19-5-4-6-20(13-19)27-2/h4-13H,14-15H2,1-3H3. The molecule has 0 aliphatic heterocycles. The number of hydrogen-bond donors (Lipinski definition) is 0. The van der Waals surface area contributed by atoms with Crippen LogP contribution in [-0.4, -0.2) is 44.7 Å². The van der Waals surface area contributed by atoms with Gasteiger partial charge < -0.3 is 19.1 Å². The molecule has 1 amide bonds. The number of methoxy groups -OCH3 is 2. The fourth-order valence-corrected chi connectivity index (χ4v) is 2.93. The molecule has 0 bridgehead atoms. The molecule has 0 heterocycles. The number of esters is 1. The summed E-state index contributed by atoms with van der Waals surface area (Å²) in [7, 11) is 4.84. The van der Waals surface area contributed by atoms with Crippen molar-refractivity contribution in [2.45, 2.75) is 6.54 Å². The van der Waals surface area contributed by atoms with Crippen molar-refractivity contribution in [3.8, 4) is 11.5 Å². The van der Waals surface area contributed by atoms with Crippen LogP contribution in [0.15, 0.2) is 60.7 Å². The predicted molar refractivity (Wildman–Crippen MR) is 110 cm³/mol. The number of carbonyl (C=O) groups is 2. The molecule has 0 aliphatic carbocycles. The minimum atomic E-state index is -0.565. The van der Waals surface area contributed by atoms with Crippen LogP contribution < -0.4 is 9.47 Å². The first-order valence-corrected chi connectivity index (χ1v) is 9.12. The van der Waals surface area contributed by atoms with E-state index in [1.54, 1.807) is 38.4 Å². The van der Waals surface area contributed by atoms with Crippen molar-refractivity contribution in [3.05, 3.63) is 71.8 Å². The van der Waals surface area contributed by atoms with Crippen LogP contribution in [0, 0.1) is 0 Å². The molecule has 0 spiro atoms. The Kier molecular flexibility index (Phi) is 6.34. The van der Waals surface area contributed by atoms with Crippen LogP contribution in [0.4, 0.5) is 0 Å². The Morgan fingerprint density at radius 1 is 0.862 bits per heavy atom. The van der Waals surface area contributed by atoms with Gasteiger partial charge in [0, 0.05) is 13.6 Å². The molecule has 0 saturated heterocycles. The largest absolute Gasteiger partial charge is 0.497 e. The molecule has 150 valence electrons.